The van der Waals surface area contributed by atoms with Crippen LogP contribution in [0.5, 0.6) is 0 Å². The van der Waals surface area contributed by atoms with E-state index in [1.165, 1.54) is 23.5 Å². The first kappa shape index (κ1) is 25.9. The molecule has 0 amide bonds. The van der Waals surface area contributed by atoms with Crippen LogP contribution >= 0.6 is 11.3 Å². The number of anilines is 3. The Morgan fingerprint density at radius 2 is 1.82 bits per heavy atom. The molecule has 0 aliphatic carbocycles. The fourth-order valence-electron chi connectivity index (χ4n) is 4.99. The summed E-state index contributed by atoms with van der Waals surface area (Å²) in [5.41, 5.74) is 3.11. The van der Waals surface area contributed by atoms with Gasteiger partial charge in [0.05, 0.1) is 5.69 Å². The van der Waals surface area contributed by atoms with Crippen LogP contribution in [-0.4, -0.2) is 53.7 Å². The SMILES string of the molecule is CCn1cc(N(C)c2nc(-c3ccc(F)cc3)c(C#N)s2)c2cc(N3CCN(C(C)C)CC3)ccc2c1=O. The zero-order valence-electron chi connectivity index (χ0n) is 22.1. The van der Waals surface area contributed by atoms with E-state index in [9.17, 15) is 14.4 Å². The average molecular weight is 531 g/mol. The minimum atomic E-state index is -0.338. The summed E-state index contributed by atoms with van der Waals surface area (Å²) >= 11 is 1.28. The lowest BCUT2D eigenvalue weighted by Crippen LogP contribution is -2.48. The van der Waals surface area contributed by atoms with Gasteiger partial charge >= 0.3 is 0 Å². The van der Waals surface area contributed by atoms with Crippen molar-refractivity contribution in [1.29, 1.82) is 5.26 Å². The Balaban J connectivity index is 1.58. The van der Waals surface area contributed by atoms with Crippen LogP contribution in [0, 0.1) is 17.1 Å². The van der Waals surface area contributed by atoms with Gasteiger partial charge in [-0.05, 0) is 63.2 Å². The summed E-state index contributed by atoms with van der Waals surface area (Å²) in [6.07, 6.45) is 1.87. The Morgan fingerprint density at radius 3 is 2.45 bits per heavy atom. The van der Waals surface area contributed by atoms with Gasteiger partial charge in [0, 0.05) is 74.0 Å². The van der Waals surface area contributed by atoms with Gasteiger partial charge in [0.25, 0.3) is 5.56 Å². The molecule has 1 aliphatic rings. The molecule has 9 heteroatoms. The molecule has 5 rings (SSSR count). The van der Waals surface area contributed by atoms with Gasteiger partial charge in [0.1, 0.15) is 22.5 Å². The number of thiazole rings is 1. The number of hydrogen-bond acceptors (Lipinski definition) is 7. The van der Waals surface area contributed by atoms with Crippen molar-refractivity contribution in [3.63, 3.8) is 0 Å². The van der Waals surface area contributed by atoms with Crippen LogP contribution < -0.4 is 15.4 Å². The molecule has 0 N–H and O–H groups in total. The van der Waals surface area contributed by atoms with Crippen LogP contribution in [0.25, 0.3) is 22.0 Å². The maximum atomic E-state index is 13.5. The number of pyridine rings is 1. The molecule has 2 aromatic carbocycles. The Kier molecular flexibility index (Phi) is 7.19. The van der Waals surface area contributed by atoms with Gasteiger partial charge in [-0.15, -0.1) is 0 Å². The lowest BCUT2D eigenvalue weighted by atomic mass is 10.1. The topological polar surface area (TPSA) is 68.4 Å². The zero-order chi connectivity index (χ0) is 27.0. The first-order valence-electron chi connectivity index (χ1n) is 12.9. The van der Waals surface area contributed by atoms with Crippen LogP contribution in [0.3, 0.4) is 0 Å². The smallest absolute Gasteiger partial charge is 0.258 e. The van der Waals surface area contributed by atoms with E-state index in [-0.39, 0.29) is 11.4 Å². The Hall–Kier alpha value is -3.74. The predicted octanol–water partition coefficient (Wildman–Crippen LogP) is 5.45. The summed E-state index contributed by atoms with van der Waals surface area (Å²) in [6.45, 7) is 10.8. The highest BCUT2D eigenvalue weighted by atomic mass is 32.1. The molecule has 38 heavy (non-hydrogen) atoms. The molecule has 1 saturated heterocycles. The van der Waals surface area contributed by atoms with Crippen molar-refractivity contribution in [2.75, 3.05) is 43.0 Å². The molecule has 0 radical (unpaired) electrons. The number of halogens is 1. The lowest BCUT2D eigenvalue weighted by molar-refractivity contribution is 0.209. The summed E-state index contributed by atoms with van der Waals surface area (Å²) in [6, 6.07) is 14.8. The average Bonchev–Trinajstić information content (AvgIpc) is 3.38. The minimum absolute atomic E-state index is 0.0281. The quantitative estimate of drug-likeness (QED) is 0.330. The van der Waals surface area contributed by atoms with E-state index in [1.807, 2.05) is 37.2 Å². The number of rotatable bonds is 6. The highest BCUT2D eigenvalue weighted by Crippen LogP contribution is 2.38. The Morgan fingerprint density at radius 1 is 1.11 bits per heavy atom. The van der Waals surface area contributed by atoms with E-state index < -0.39 is 0 Å². The highest BCUT2D eigenvalue weighted by molar-refractivity contribution is 7.16. The largest absolute Gasteiger partial charge is 0.369 e. The molecule has 7 nitrogen and oxygen atoms in total. The molecule has 1 fully saturated rings. The Bertz CT molecular complexity index is 1560. The van der Waals surface area contributed by atoms with Gasteiger partial charge in [-0.2, -0.15) is 5.26 Å². The minimum Gasteiger partial charge on any atom is -0.369 e. The molecule has 3 heterocycles. The summed E-state index contributed by atoms with van der Waals surface area (Å²) < 4.78 is 15.2. The van der Waals surface area contributed by atoms with Gasteiger partial charge in [0.15, 0.2) is 5.13 Å². The van der Waals surface area contributed by atoms with Crippen molar-refractivity contribution < 1.29 is 4.39 Å². The fraction of sp³-hybridized carbons (Fsp3) is 0.345. The Labute approximate surface area is 226 Å². The van der Waals surface area contributed by atoms with E-state index in [2.05, 4.69) is 35.8 Å². The summed E-state index contributed by atoms with van der Waals surface area (Å²) in [7, 11) is 1.90. The molecular weight excluding hydrogens is 499 g/mol. The monoisotopic (exact) mass is 530 g/mol. The third kappa shape index (κ3) is 4.77. The fourth-order valence-corrected chi connectivity index (χ4v) is 5.85. The molecule has 0 bridgehead atoms. The van der Waals surface area contributed by atoms with Gasteiger partial charge in [0.2, 0.25) is 0 Å². The van der Waals surface area contributed by atoms with Crippen molar-refractivity contribution in [3.05, 3.63) is 69.7 Å². The molecule has 1 aliphatic heterocycles. The van der Waals surface area contributed by atoms with Crippen molar-refractivity contribution in [2.45, 2.75) is 33.4 Å². The number of nitrogens with zero attached hydrogens (tertiary/aromatic N) is 6. The van der Waals surface area contributed by atoms with Gasteiger partial charge in [-0.1, -0.05) is 11.3 Å². The van der Waals surface area contributed by atoms with Gasteiger partial charge < -0.3 is 14.4 Å². The number of fused-ring (bicyclic) bond motifs is 1. The van der Waals surface area contributed by atoms with Crippen molar-refractivity contribution >= 4 is 38.6 Å². The van der Waals surface area contributed by atoms with Crippen molar-refractivity contribution in [3.8, 4) is 17.3 Å². The van der Waals surface area contributed by atoms with Gasteiger partial charge in [-0.25, -0.2) is 9.37 Å². The molecule has 0 atom stereocenters. The third-order valence-electron chi connectivity index (χ3n) is 7.28. The first-order chi connectivity index (χ1) is 18.3. The predicted molar refractivity (Wildman–Crippen MR) is 153 cm³/mol. The summed E-state index contributed by atoms with van der Waals surface area (Å²) in [4.78, 5) is 25.2. The summed E-state index contributed by atoms with van der Waals surface area (Å²) in [5.74, 6) is -0.338. The number of hydrogen-bond donors (Lipinski definition) is 0. The van der Waals surface area contributed by atoms with Crippen LogP contribution in [0.15, 0.2) is 53.5 Å². The standard InChI is InChI=1S/C29H31FN6OS/c1-5-34-18-25(33(4)29-32-27(26(17-31)38-29)20-6-8-21(30)9-7-20)24-16-22(10-11-23(24)28(34)37)36-14-12-35(13-15-36)19(2)3/h6-11,16,18-19H,5,12-15H2,1-4H3. The highest BCUT2D eigenvalue weighted by Gasteiger charge is 2.22. The number of nitriles is 1. The molecule has 4 aromatic rings. The third-order valence-corrected chi connectivity index (χ3v) is 8.32. The maximum absolute atomic E-state index is 13.5. The molecular formula is C29H31FN6OS. The first-order valence-corrected chi connectivity index (χ1v) is 13.7. The summed E-state index contributed by atoms with van der Waals surface area (Å²) in [5, 5.41) is 11.9. The molecule has 0 spiro atoms. The second kappa shape index (κ2) is 10.6. The number of aromatic nitrogens is 2. The van der Waals surface area contributed by atoms with Crippen LogP contribution in [0.1, 0.15) is 25.6 Å². The lowest BCUT2D eigenvalue weighted by Gasteiger charge is -2.38. The second-order valence-electron chi connectivity index (χ2n) is 9.80. The molecule has 0 saturated carbocycles. The normalized spacial score (nSPS) is 14.3. The number of benzene rings is 2. The van der Waals surface area contributed by atoms with Crippen LogP contribution in [0.4, 0.5) is 20.9 Å². The van der Waals surface area contributed by atoms with E-state index in [4.69, 9.17) is 4.98 Å². The van der Waals surface area contributed by atoms with Crippen molar-refractivity contribution in [2.24, 2.45) is 0 Å². The van der Waals surface area contributed by atoms with Gasteiger partial charge in [-0.3, -0.25) is 9.69 Å². The maximum Gasteiger partial charge on any atom is 0.258 e. The van der Waals surface area contributed by atoms with E-state index in [1.54, 1.807) is 16.7 Å². The van der Waals surface area contributed by atoms with E-state index in [0.29, 0.717) is 39.2 Å². The second-order valence-corrected chi connectivity index (χ2v) is 10.8. The van der Waals surface area contributed by atoms with Crippen LogP contribution in [-0.2, 0) is 6.54 Å². The number of piperazine rings is 1. The molecule has 196 valence electrons. The molecule has 2 aromatic heterocycles. The van der Waals surface area contributed by atoms with E-state index in [0.717, 1.165) is 42.9 Å². The van der Waals surface area contributed by atoms with E-state index >= 15 is 0 Å². The van der Waals surface area contributed by atoms with Crippen LogP contribution in [0.2, 0.25) is 0 Å². The molecule has 0 unspecified atom stereocenters. The van der Waals surface area contributed by atoms with Crippen molar-refractivity contribution in [1.82, 2.24) is 14.5 Å². The number of aryl methyl sites for hydroxylation is 1. The zero-order valence-corrected chi connectivity index (χ0v) is 22.9.